The predicted molar refractivity (Wildman–Crippen MR) is 68.9 cm³/mol. The number of rotatable bonds is 7. The predicted octanol–water partition coefficient (Wildman–Crippen LogP) is 1.31. The molecule has 17 heavy (non-hydrogen) atoms. The van der Waals surface area contributed by atoms with E-state index in [-0.39, 0.29) is 5.91 Å². The summed E-state index contributed by atoms with van der Waals surface area (Å²) in [5, 5.41) is 6.14. The maximum atomic E-state index is 11.6. The van der Waals surface area contributed by atoms with Gasteiger partial charge in [-0.25, -0.2) is 0 Å². The Balaban J connectivity index is 2.11. The Hall–Kier alpha value is -0.610. The highest BCUT2D eigenvalue weighted by molar-refractivity contribution is 5.78. The zero-order chi connectivity index (χ0) is 12.5. The average Bonchev–Trinajstić information content (AvgIpc) is 2.36. The topological polar surface area (TPSA) is 50.4 Å². The normalized spacial score (nSPS) is 18.9. The fourth-order valence-corrected chi connectivity index (χ4v) is 2.43. The highest BCUT2D eigenvalue weighted by atomic mass is 16.5. The minimum atomic E-state index is 0.0965. The summed E-state index contributed by atoms with van der Waals surface area (Å²) >= 11 is 0. The number of hydrogen-bond acceptors (Lipinski definition) is 3. The number of hydrogen-bond donors (Lipinski definition) is 2. The molecule has 0 aromatic carbocycles. The molecule has 2 N–H and O–H groups in total. The van der Waals surface area contributed by atoms with Crippen molar-refractivity contribution in [3.05, 3.63) is 0 Å². The third kappa shape index (κ3) is 6.03. The molecule has 1 aliphatic rings. The molecule has 0 heterocycles. The van der Waals surface area contributed by atoms with Crippen molar-refractivity contribution in [3.63, 3.8) is 0 Å². The molecular weight excluding hydrogens is 216 g/mol. The first-order valence-corrected chi connectivity index (χ1v) is 6.73. The minimum absolute atomic E-state index is 0.0965. The molecule has 1 aliphatic carbocycles. The standard InChI is InChI=1S/C13H26N2O2/c1-11(12-6-4-3-5-7-12)15-13(16)10-14-8-9-17-2/h11-12,14H,3-10H2,1-2H3,(H,15,16)/t11-/m1/s1. The second-order valence-corrected chi connectivity index (χ2v) is 4.92. The molecule has 1 amide bonds. The van der Waals surface area contributed by atoms with E-state index < -0.39 is 0 Å². The summed E-state index contributed by atoms with van der Waals surface area (Å²) in [6.45, 7) is 3.89. The molecule has 0 aliphatic heterocycles. The molecule has 0 unspecified atom stereocenters. The maximum absolute atomic E-state index is 11.6. The van der Waals surface area contributed by atoms with Crippen molar-refractivity contribution in [1.82, 2.24) is 10.6 Å². The highest BCUT2D eigenvalue weighted by Gasteiger charge is 2.20. The number of nitrogens with one attached hydrogen (secondary N) is 2. The van der Waals surface area contributed by atoms with Crippen LogP contribution in [0.3, 0.4) is 0 Å². The molecule has 1 fully saturated rings. The maximum Gasteiger partial charge on any atom is 0.234 e. The van der Waals surface area contributed by atoms with Gasteiger partial charge in [-0.3, -0.25) is 4.79 Å². The van der Waals surface area contributed by atoms with Crippen LogP contribution >= 0.6 is 0 Å². The van der Waals surface area contributed by atoms with Crippen LogP contribution in [0.5, 0.6) is 0 Å². The molecule has 1 saturated carbocycles. The quantitative estimate of drug-likeness (QED) is 0.662. The first kappa shape index (κ1) is 14.5. The third-order valence-corrected chi connectivity index (χ3v) is 3.51. The summed E-state index contributed by atoms with van der Waals surface area (Å²) in [7, 11) is 1.66. The highest BCUT2D eigenvalue weighted by Crippen LogP contribution is 2.26. The first-order valence-electron chi connectivity index (χ1n) is 6.73. The van der Waals surface area contributed by atoms with Gasteiger partial charge in [-0.15, -0.1) is 0 Å². The number of methoxy groups -OCH3 is 1. The minimum Gasteiger partial charge on any atom is -0.383 e. The smallest absolute Gasteiger partial charge is 0.234 e. The lowest BCUT2D eigenvalue weighted by Crippen LogP contribution is -2.43. The van der Waals surface area contributed by atoms with E-state index in [0.29, 0.717) is 25.1 Å². The van der Waals surface area contributed by atoms with Crippen LogP contribution in [-0.2, 0) is 9.53 Å². The Kier molecular flexibility index (Phi) is 7.21. The van der Waals surface area contributed by atoms with Crippen molar-refractivity contribution >= 4 is 5.91 Å². The van der Waals surface area contributed by atoms with E-state index in [9.17, 15) is 4.79 Å². The molecule has 0 bridgehead atoms. The van der Waals surface area contributed by atoms with Gasteiger partial charge in [0.25, 0.3) is 0 Å². The van der Waals surface area contributed by atoms with Crippen molar-refractivity contribution in [2.24, 2.45) is 5.92 Å². The van der Waals surface area contributed by atoms with E-state index in [0.717, 1.165) is 6.54 Å². The van der Waals surface area contributed by atoms with Crippen LogP contribution in [0.25, 0.3) is 0 Å². The zero-order valence-electron chi connectivity index (χ0n) is 11.1. The van der Waals surface area contributed by atoms with E-state index in [1.807, 2.05) is 0 Å². The van der Waals surface area contributed by atoms with E-state index in [2.05, 4.69) is 17.6 Å². The van der Waals surface area contributed by atoms with E-state index in [1.54, 1.807) is 7.11 Å². The fourth-order valence-electron chi connectivity index (χ4n) is 2.43. The number of ether oxygens (including phenoxy) is 1. The summed E-state index contributed by atoms with van der Waals surface area (Å²) in [5.41, 5.74) is 0. The third-order valence-electron chi connectivity index (χ3n) is 3.51. The molecule has 1 rings (SSSR count). The van der Waals surface area contributed by atoms with Gasteiger partial charge in [-0.2, -0.15) is 0 Å². The first-order chi connectivity index (χ1) is 8.24. The van der Waals surface area contributed by atoms with Crippen molar-refractivity contribution in [3.8, 4) is 0 Å². The molecule has 0 aromatic rings. The molecule has 4 nitrogen and oxygen atoms in total. The van der Waals surface area contributed by atoms with Crippen LogP contribution in [0.4, 0.5) is 0 Å². The second kappa shape index (κ2) is 8.48. The zero-order valence-corrected chi connectivity index (χ0v) is 11.1. The van der Waals surface area contributed by atoms with E-state index in [1.165, 1.54) is 32.1 Å². The summed E-state index contributed by atoms with van der Waals surface area (Å²) in [5.74, 6) is 0.769. The van der Waals surface area contributed by atoms with Gasteiger partial charge >= 0.3 is 0 Å². The summed E-state index contributed by atoms with van der Waals surface area (Å²) in [6.07, 6.45) is 6.51. The van der Waals surface area contributed by atoms with Gasteiger partial charge in [0.05, 0.1) is 13.2 Å². The van der Waals surface area contributed by atoms with E-state index >= 15 is 0 Å². The van der Waals surface area contributed by atoms with Crippen LogP contribution < -0.4 is 10.6 Å². The van der Waals surface area contributed by atoms with Crippen LogP contribution in [0, 0.1) is 5.92 Å². The molecule has 0 radical (unpaired) electrons. The monoisotopic (exact) mass is 242 g/mol. The van der Waals surface area contributed by atoms with E-state index in [4.69, 9.17) is 4.74 Å². The number of amides is 1. The average molecular weight is 242 g/mol. The summed E-state index contributed by atoms with van der Waals surface area (Å²) < 4.78 is 4.91. The van der Waals surface area contributed by atoms with Gasteiger partial charge in [0.15, 0.2) is 0 Å². The lowest BCUT2D eigenvalue weighted by atomic mass is 9.84. The van der Waals surface area contributed by atoms with Crippen LogP contribution in [0.15, 0.2) is 0 Å². The SMILES string of the molecule is COCCNCC(=O)N[C@H](C)C1CCCCC1. The van der Waals surface area contributed by atoms with Crippen LogP contribution in [-0.4, -0.2) is 38.8 Å². The molecule has 4 heteroatoms. The molecular formula is C13H26N2O2. The molecule has 0 spiro atoms. The van der Waals surface area contributed by atoms with Crippen molar-refractivity contribution in [1.29, 1.82) is 0 Å². The largest absolute Gasteiger partial charge is 0.383 e. The second-order valence-electron chi connectivity index (χ2n) is 4.92. The Morgan fingerprint density at radius 3 is 2.71 bits per heavy atom. The number of carbonyl (C=O) groups excluding carboxylic acids is 1. The van der Waals surface area contributed by atoms with Crippen molar-refractivity contribution < 1.29 is 9.53 Å². The molecule has 100 valence electrons. The van der Waals surface area contributed by atoms with Gasteiger partial charge < -0.3 is 15.4 Å². The van der Waals surface area contributed by atoms with Gasteiger partial charge in [-0.1, -0.05) is 19.3 Å². The molecule has 0 aromatic heterocycles. The van der Waals surface area contributed by atoms with Gasteiger partial charge in [-0.05, 0) is 25.7 Å². The van der Waals surface area contributed by atoms with Crippen LogP contribution in [0.2, 0.25) is 0 Å². The molecule has 0 saturated heterocycles. The lowest BCUT2D eigenvalue weighted by molar-refractivity contribution is -0.121. The number of carbonyl (C=O) groups is 1. The Morgan fingerprint density at radius 1 is 1.35 bits per heavy atom. The summed E-state index contributed by atoms with van der Waals surface area (Å²) in [4.78, 5) is 11.6. The Morgan fingerprint density at radius 2 is 2.06 bits per heavy atom. The molecule has 1 atom stereocenters. The van der Waals surface area contributed by atoms with Gasteiger partial charge in [0.2, 0.25) is 5.91 Å². The van der Waals surface area contributed by atoms with Crippen molar-refractivity contribution in [2.75, 3.05) is 26.8 Å². The Labute approximate surface area is 104 Å². The summed E-state index contributed by atoms with van der Waals surface area (Å²) in [6, 6.07) is 0.312. The fraction of sp³-hybridized carbons (Fsp3) is 0.923. The Bertz CT molecular complexity index is 215. The lowest BCUT2D eigenvalue weighted by Gasteiger charge is -2.28. The van der Waals surface area contributed by atoms with Gasteiger partial charge in [0.1, 0.15) is 0 Å². The van der Waals surface area contributed by atoms with Crippen LogP contribution in [0.1, 0.15) is 39.0 Å². The van der Waals surface area contributed by atoms with Gasteiger partial charge in [0, 0.05) is 19.7 Å². The van der Waals surface area contributed by atoms with Crippen molar-refractivity contribution in [2.45, 2.75) is 45.1 Å².